The molecule has 2 aromatic rings. The zero-order valence-corrected chi connectivity index (χ0v) is 21.7. The molecule has 1 aromatic heterocycles. The van der Waals surface area contributed by atoms with E-state index in [4.69, 9.17) is 25.2 Å². The monoisotopic (exact) mass is 506 g/mol. The van der Waals surface area contributed by atoms with Gasteiger partial charge in [-0.2, -0.15) is 0 Å². The van der Waals surface area contributed by atoms with E-state index >= 15 is 0 Å². The number of carbonyl (C=O) groups excluding carboxylic acids is 1. The van der Waals surface area contributed by atoms with E-state index in [0.29, 0.717) is 18.0 Å². The first-order valence-corrected chi connectivity index (χ1v) is 13.3. The summed E-state index contributed by atoms with van der Waals surface area (Å²) in [6.07, 6.45) is 14.3. The van der Waals surface area contributed by atoms with Crippen molar-refractivity contribution in [2.24, 2.45) is 5.73 Å². The lowest BCUT2D eigenvalue weighted by atomic mass is 10.1. The Morgan fingerprint density at radius 3 is 2.68 bits per heavy atom. The molecule has 1 amide bonds. The number of benzene rings is 1. The molecule has 1 aliphatic carbocycles. The van der Waals surface area contributed by atoms with Crippen molar-refractivity contribution >= 4 is 17.8 Å². The number of anilines is 1. The van der Waals surface area contributed by atoms with Crippen LogP contribution in [0, 0.1) is 0 Å². The van der Waals surface area contributed by atoms with Crippen LogP contribution in [-0.2, 0) is 20.7 Å². The summed E-state index contributed by atoms with van der Waals surface area (Å²) in [6.45, 7) is 5.54. The quantitative estimate of drug-likeness (QED) is 0.572. The molecule has 1 aromatic carbocycles. The molecule has 3 heterocycles. The van der Waals surface area contributed by atoms with Gasteiger partial charge in [-0.05, 0) is 56.7 Å². The molecule has 1 unspecified atom stereocenters. The van der Waals surface area contributed by atoms with E-state index in [1.54, 1.807) is 6.07 Å². The predicted octanol–water partition coefficient (Wildman–Crippen LogP) is 4.41. The molecular weight excluding hydrogens is 468 g/mol. The minimum Gasteiger partial charge on any atom is -0.507 e. The highest BCUT2D eigenvalue weighted by atomic mass is 16.5. The zero-order chi connectivity index (χ0) is 26.0. The number of primary amides is 1. The van der Waals surface area contributed by atoms with Crippen LogP contribution in [-0.4, -0.2) is 60.0 Å². The Morgan fingerprint density at radius 1 is 1.16 bits per heavy atom. The van der Waals surface area contributed by atoms with Crippen molar-refractivity contribution in [3.8, 4) is 17.1 Å². The molecule has 8 heteroatoms. The number of carbonyl (C=O) groups is 1. The topological polar surface area (TPSA) is 111 Å². The van der Waals surface area contributed by atoms with Crippen LogP contribution in [0.5, 0.6) is 5.75 Å². The summed E-state index contributed by atoms with van der Waals surface area (Å²) in [7, 11) is 0. The second kappa shape index (κ2) is 13.4. The Morgan fingerprint density at radius 2 is 1.97 bits per heavy atom. The zero-order valence-electron chi connectivity index (χ0n) is 21.7. The minimum absolute atomic E-state index is 0.000139. The lowest BCUT2D eigenvalue weighted by molar-refractivity contribution is -0.124. The van der Waals surface area contributed by atoms with Crippen molar-refractivity contribution in [3.05, 3.63) is 53.2 Å². The van der Waals surface area contributed by atoms with Crippen molar-refractivity contribution in [3.63, 3.8) is 0 Å². The Hall–Kier alpha value is -3.23. The molecule has 2 aliphatic heterocycles. The highest BCUT2D eigenvalue weighted by molar-refractivity contribution is 5.75. The molecule has 0 radical (unpaired) electrons. The van der Waals surface area contributed by atoms with Crippen molar-refractivity contribution in [2.75, 3.05) is 37.8 Å². The number of hydrogen-bond donors (Lipinski definition) is 2. The van der Waals surface area contributed by atoms with E-state index in [1.165, 1.54) is 24.8 Å². The first kappa shape index (κ1) is 26.8. The molecule has 1 atom stereocenters. The van der Waals surface area contributed by atoms with E-state index in [-0.39, 0.29) is 18.5 Å². The van der Waals surface area contributed by atoms with Gasteiger partial charge < -0.3 is 25.2 Å². The Kier molecular flexibility index (Phi) is 9.68. The Balaban J connectivity index is 0.000000225. The Labute approximate surface area is 219 Å². The first-order valence-electron chi connectivity index (χ1n) is 13.3. The number of rotatable bonds is 7. The molecule has 8 nitrogen and oxygen atoms in total. The average molecular weight is 507 g/mol. The van der Waals surface area contributed by atoms with Gasteiger partial charge in [-0.25, -0.2) is 9.97 Å². The van der Waals surface area contributed by atoms with Crippen LogP contribution in [0.3, 0.4) is 0 Å². The number of phenolic OH excluding ortho intramolecular Hbond substituents is 1. The first-order chi connectivity index (χ1) is 18.0. The van der Waals surface area contributed by atoms with E-state index < -0.39 is 5.91 Å². The summed E-state index contributed by atoms with van der Waals surface area (Å²) in [5.74, 6) is 1.41. The maximum Gasteiger partial charge on any atom is 0.243 e. The maximum atomic E-state index is 10.3. The lowest BCUT2D eigenvalue weighted by Crippen LogP contribution is -2.27. The average Bonchev–Trinajstić information content (AvgIpc) is 3.37. The van der Waals surface area contributed by atoms with Gasteiger partial charge in [0.1, 0.15) is 18.2 Å². The summed E-state index contributed by atoms with van der Waals surface area (Å²) < 4.78 is 10.4. The van der Waals surface area contributed by atoms with Crippen LogP contribution in [0.1, 0.15) is 56.7 Å². The molecule has 198 valence electrons. The third-order valence-electron chi connectivity index (χ3n) is 6.81. The van der Waals surface area contributed by atoms with Gasteiger partial charge in [0.05, 0.1) is 24.0 Å². The van der Waals surface area contributed by atoms with Gasteiger partial charge in [0.25, 0.3) is 0 Å². The van der Waals surface area contributed by atoms with Gasteiger partial charge in [-0.1, -0.05) is 36.8 Å². The van der Waals surface area contributed by atoms with Gasteiger partial charge in [0.15, 0.2) is 5.82 Å². The summed E-state index contributed by atoms with van der Waals surface area (Å²) in [6, 6.07) is 7.30. The minimum atomic E-state index is -0.425. The fourth-order valence-corrected chi connectivity index (χ4v) is 4.76. The van der Waals surface area contributed by atoms with Gasteiger partial charge in [-0.3, -0.25) is 4.79 Å². The van der Waals surface area contributed by atoms with Crippen LogP contribution < -0.4 is 10.6 Å². The third-order valence-corrected chi connectivity index (χ3v) is 6.81. The van der Waals surface area contributed by atoms with Crippen molar-refractivity contribution in [1.29, 1.82) is 0 Å². The maximum absolute atomic E-state index is 10.3. The second-order valence-corrected chi connectivity index (χ2v) is 9.58. The van der Waals surface area contributed by atoms with Crippen LogP contribution in [0.15, 0.2) is 42.0 Å². The number of aromatic nitrogens is 2. The van der Waals surface area contributed by atoms with Crippen molar-refractivity contribution < 1.29 is 19.4 Å². The number of hydrogen-bond acceptors (Lipinski definition) is 7. The molecule has 3 aliphatic rings. The largest absolute Gasteiger partial charge is 0.507 e. The predicted molar refractivity (Wildman–Crippen MR) is 145 cm³/mol. The standard InChI is InChI=1S/C21H23N3O.C8H15NO3/c1-2-15-9-11-16-18(12-10-15)22-20(17-7-3-4-8-19(17)25)23-21(16)24-13-5-6-14-24;9-8(10)6-11-5-7-3-1-2-4-12-7/h3-4,7-11,25H,2,5-6,12-14H2,1H3;7H,1-6H2,(H2,9,10). The molecule has 3 N–H and O–H groups in total. The third kappa shape index (κ3) is 7.40. The molecule has 2 fully saturated rings. The molecule has 2 saturated heterocycles. The normalized spacial score (nSPS) is 18.9. The van der Waals surface area contributed by atoms with E-state index in [2.05, 4.69) is 30.1 Å². The molecule has 0 bridgehead atoms. The summed E-state index contributed by atoms with van der Waals surface area (Å²) in [4.78, 5) is 22.3. The Bertz CT molecular complexity index is 1120. The summed E-state index contributed by atoms with van der Waals surface area (Å²) >= 11 is 0. The molecule has 0 spiro atoms. The highest BCUT2D eigenvalue weighted by Gasteiger charge is 2.22. The highest BCUT2D eigenvalue weighted by Crippen LogP contribution is 2.33. The number of para-hydroxylation sites is 1. The number of amides is 1. The van der Waals surface area contributed by atoms with E-state index in [9.17, 15) is 9.90 Å². The van der Waals surface area contributed by atoms with E-state index in [0.717, 1.165) is 62.5 Å². The van der Waals surface area contributed by atoms with Crippen LogP contribution >= 0.6 is 0 Å². The van der Waals surface area contributed by atoms with Crippen LogP contribution in [0.2, 0.25) is 0 Å². The SMILES string of the molecule is CCC1=CCc2nc(-c3ccccc3O)nc(N3CCCC3)c2C=C1.NC(=O)COCC1CCCCO1. The van der Waals surface area contributed by atoms with Gasteiger partial charge in [0.2, 0.25) is 5.91 Å². The van der Waals surface area contributed by atoms with Gasteiger partial charge in [-0.15, -0.1) is 0 Å². The number of fused-ring (bicyclic) bond motifs is 1. The number of phenols is 1. The lowest BCUT2D eigenvalue weighted by Gasteiger charge is -2.21. The van der Waals surface area contributed by atoms with Crippen LogP contribution in [0.25, 0.3) is 17.5 Å². The van der Waals surface area contributed by atoms with Crippen molar-refractivity contribution in [1.82, 2.24) is 9.97 Å². The number of allylic oxidation sites excluding steroid dienone is 3. The summed E-state index contributed by atoms with van der Waals surface area (Å²) in [5.41, 5.74) is 9.09. The fourth-order valence-electron chi connectivity index (χ4n) is 4.76. The summed E-state index contributed by atoms with van der Waals surface area (Å²) in [5, 5.41) is 10.2. The van der Waals surface area contributed by atoms with Crippen molar-refractivity contribution in [2.45, 2.75) is 58.0 Å². The smallest absolute Gasteiger partial charge is 0.243 e. The molecule has 5 rings (SSSR count). The number of nitrogens with zero attached hydrogens (tertiary/aromatic N) is 3. The number of nitrogens with two attached hydrogens (primary N) is 1. The second-order valence-electron chi connectivity index (χ2n) is 9.58. The molecular formula is C29H38N4O4. The number of ether oxygens (including phenoxy) is 2. The fraction of sp³-hybridized carbons (Fsp3) is 0.483. The van der Waals surface area contributed by atoms with E-state index in [1.807, 2.05) is 18.2 Å². The number of aromatic hydroxyl groups is 1. The van der Waals surface area contributed by atoms with Crippen LogP contribution in [0.4, 0.5) is 5.82 Å². The molecule has 0 saturated carbocycles. The van der Waals surface area contributed by atoms with Gasteiger partial charge >= 0.3 is 0 Å². The van der Waals surface area contributed by atoms with Gasteiger partial charge in [0, 0.05) is 31.7 Å². The molecule has 37 heavy (non-hydrogen) atoms.